The van der Waals surface area contributed by atoms with E-state index in [1.165, 1.54) is 18.2 Å². The molecule has 1 aromatic rings. The Morgan fingerprint density at radius 2 is 1.93 bits per heavy atom. The van der Waals surface area contributed by atoms with E-state index in [0.29, 0.717) is 0 Å². The molecule has 0 aromatic heterocycles. The average molecular weight is 210 g/mol. The molecule has 80 valence electrons. The highest BCUT2D eigenvalue weighted by molar-refractivity contribution is 5.91. The molecular formula is C10H10O5. The number of carbonyl (C=O) groups excluding carboxylic acids is 1. The molecular weight excluding hydrogens is 200 g/mol. The van der Waals surface area contributed by atoms with Crippen LogP contribution in [0.5, 0.6) is 5.75 Å². The molecule has 0 bridgehead atoms. The van der Waals surface area contributed by atoms with E-state index in [4.69, 9.17) is 14.9 Å². The van der Waals surface area contributed by atoms with Gasteiger partial charge in [-0.25, -0.2) is 4.79 Å². The summed E-state index contributed by atoms with van der Waals surface area (Å²) in [7, 11) is 0. The van der Waals surface area contributed by atoms with Crippen molar-refractivity contribution in [3.8, 4) is 5.75 Å². The van der Waals surface area contributed by atoms with Crippen LogP contribution in [0.3, 0.4) is 0 Å². The third-order valence-electron chi connectivity index (χ3n) is 1.66. The molecule has 0 fully saturated rings. The molecule has 15 heavy (non-hydrogen) atoms. The van der Waals surface area contributed by atoms with Crippen molar-refractivity contribution < 1.29 is 24.5 Å². The number of carboxylic acids is 1. The number of aliphatic hydroxyl groups is 1. The summed E-state index contributed by atoms with van der Waals surface area (Å²) in [6.07, 6.45) is -0.159. The zero-order chi connectivity index (χ0) is 11.3. The number of hydrogen-bond acceptors (Lipinski definition) is 4. The minimum absolute atomic E-state index is 0.0107. The topological polar surface area (TPSA) is 83.8 Å². The van der Waals surface area contributed by atoms with Gasteiger partial charge in [-0.15, -0.1) is 0 Å². The van der Waals surface area contributed by atoms with E-state index in [9.17, 15) is 9.59 Å². The first-order valence-electron chi connectivity index (χ1n) is 4.29. The van der Waals surface area contributed by atoms with Gasteiger partial charge in [-0.2, -0.15) is 0 Å². The molecule has 0 radical (unpaired) electrons. The van der Waals surface area contributed by atoms with Crippen LogP contribution in [0.25, 0.3) is 0 Å². The Morgan fingerprint density at radius 3 is 2.53 bits per heavy atom. The number of para-hydroxylation sites is 1. The van der Waals surface area contributed by atoms with Gasteiger partial charge in [0.05, 0.1) is 13.0 Å². The van der Waals surface area contributed by atoms with Crippen molar-refractivity contribution in [1.29, 1.82) is 0 Å². The van der Waals surface area contributed by atoms with Crippen LogP contribution in [0.15, 0.2) is 24.3 Å². The van der Waals surface area contributed by atoms with Crippen molar-refractivity contribution in [2.24, 2.45) is 0 Å². The predicted molar refractivity (Wildman–Crippen MR) is 50.7 cm³/mol. The highest BCUT2D eigenvalue weighted by Gasteiger charge is 2.12. The lowest BCUT2D eigenvalue weighted by Gasteiger charge is -2.05. The van der Waals surface area contributed by atoms with E-state index in [2.05, 4.69) is 0 Å². The largest absolute Gasteiger partial charge is 0.478 e. The third kappa shape index (κ3) is 3.07. The summed E-state index contributed by atoms with van der Waals surface area (Å²) in [5.74, 6) is -1.84. The van der Waals surface area contributed by atoms with Crippen LogP contribution in [0.2, 0.25) is 0 Å². The monoisotopic (exact) mass is 210 g/mol. The van der Waals surface area contributed by atoms with Crippen LogP contribution in [0, 0.1) is 0 Å². The number of carbonyl (C=O) groups is 2. The fourth-order valence-corrected chi connectivity index (χ4v) is 0.997. The van der Waals surface area contributed by atoms with Crippen LogP contribution in [-0.2, 0) is 4.79 Å². The zero-order valence-corrected chi connectivity index (χ0v) is 7.84. The Hall–Kier alpha value is -1.88. The molecule has 2 N–H and O–H groups in total. The first-order chi connectivity index (χ1) is 7.15. The van der Waals surface area contributed by atoms with E-state index in [0.717, 1.165) is 0 Å². The van der Waals surface area contributed by atoms with Gasteiger partial charge in [0.1, 0.15) is 11.3 Å². The average Bonchev–Trinajstić information content (AvgIpc) is 2.18. The number of esters is 1. The van der Waals surface area contributed by atoms with Crippen LogP contribution in [0.4, 0.5) is 0 Å². The smallest absolute Gasteiger partial charge is 0.339 e. The van der Waals surface area contributed by atoms with Crippen LogP contribution in [0.1, 0.15) is 16.8 Å². The summed E-state index contributed by atoms with van der Waals surface area (Å²) < 4.78 is 4.77. The van der Waals surface area contributed by atoms with Crippen molar-refractivity contribution in [2.45, 2.75) is 6.42 Å². The molecule has 0 atom stereocenters. The molecule has 1 rings (SSSR count). The zero-order valence-electron chi connectivity index (χ0n) is 7.84. The molecule has 0 saturated heterocycles. The number of hydrogen-bond donors (Lipinski definition) is 2. The van der Waals surface area contributed by atoms with Gasteiger partial charge in [-0.1, -0.05) is 12.1 Å². The summed E-state index contributed by atoms with van der Waals surface area (Å²) in [6.45, 7) is -0.325. The third-order valence-corrected chi connectivity index (χ3v) is 1.66. The maximum absolute atomic E-state index is 11.0. The van der Waals surface area contributed by atoms with Crippen molar-refractivity contribution in [1.82, 2.24) is 0 Å². The van der Waals surface area contributed by atoms with Gasteiger partial charge in [0.25, 0.3) is 0 Å². The quantitative estimate of drug-likeness (QED) is 0.563. The van der Waals surface area contributed by atoms with Crippen LogP contribution < -0.4 is 4.74 Å². The molecule has 0 aliphatic heterocycles. The molecule has 5 nitrogen and oxygen atoms in total. The Kier molecular flexibility index (Phi) is 3.82. The van der Waals surface area contributed by atoms with Crippen LogP contribution >= 0.6 is 0 Å². The molecule has 0 amide bonds. The Bertz CT molecular complexity index is 372. The summed E-state index contributed by atoms with van der Waals surface area (Å²) >= 11 is 0. The lowest BCUT2D eigenvalue weighted by atomic mass is 10.2. The minimum Gasteiger partial charge on any atom is -0.478 e. The number of ether oxygens (including phenoxy) is 1. The Morgan fingerprint density at radius 1 is 1.27 bits per heavy atom. The fraction of sp³-hybridized carbons (Fsp3) is 0.200. The maximum atomic E-state index is 11.0. The standard InChI is InChI=1S/C10H10O5/c11-6-5-9(12)15-8-4-2-1-3-7(8)10(13)14/h1-4,11H,5-6H2,(H,13,14). The second kappa shape index (κ2) is 5.11. The normalized spacial score (nSPS) is 9.67. The lowest BCUT2D eigenvalue weighted by Crippen LogP contribution is -2.12. The highest BCUT2D eigenvalue weighted by Crippen LogP contribution is 2.18. The molecule has 0 unspecified atom stereocenters. The van der Waals surface area contributed by atoms with Gasteiger partial charge >= 0.3 is 11.9 Å². The molecule has 0 spiro atoms. The first-order valence-corrected chi connectivity index (χ1v) is 4.29. The van der Waals surface area contributed by atoms with E-state index >= 15 is 0 Å². The number of carboxylic acid groups (broad SMARTS) is 1. The van der Waals surface area contributed by atoms with Gasteiger partial charge in [0, 0.05) is 0 Å². The molecule has 5 heteroatoms. The van der Waals surface area contributed by atoms with Gasteiger partial charge in [-0.3, -0.25) is 4.79 Å². The molecule has 0 aliphatic rings. The maximum Gasteiger partial charge on any atom is 0.339 e. The van der Waals surface area contributed by atoms with Crippen LogP contribution in [-0.4, -0.2) is 28.8 Å². The van der Waals surface area contributed by atoms with Crippen molar-refractivity contribution in [3.05, 3.63) is 29.8 Å². The first kappa shape index (κ1) is 11.2. The number of aromatic carboxylic acids is 1. The minimum atomic E-state index is -1.16. The second-order valence-electron chi connectivity index (χ2n) is 2.75. The summed E-state index contributed by atoms with van der Waals surface area (Å²) in [6, 6.07) is 5.82. The van der Waals surface area contributed by atoms with Gasteiger partial charge in [-0.05, 0) is 12.1 Å². The summed E-state index contributed by atoms with van der Waals surface area (Å²) in [5, 5.41) is 17.2. The Balaban J connectivity index is 2.84. The van der Waals surface area contributed by atoms with E-state index in [1.54, 1.807) is 6.07 Å². The van der Waals surface area contributed by atoms with Crippen molar-refractivity contribution >= 4 is 11.9 Å². The number of aliphatic hydroxyl groups excluding tert-OH is 1. The van der Waals surface area contributed by atoms with Crippen molar-refractivity contribution in [3.63, 3.8) is 0 Å². The molecule has 0 saturated carbocycles. The van der Waals surface area contributed by atoms with Gasteiger partial charge in [0.2, 0.25) is 0 Å². The van der Waals surface area contributed by atoms with E-state index < -0.39 is 11.9 Å². The lowest BCUT2D eigenvalue weighted by molar-refractivity contribution is -0.135. The second-order valence-corrected chi connectivity index (χ2v) is 2.75. The van der Waals surface area contributed by atoms with E-state index in [1.807, 2.05) is 0 Å². The molecule has 0 aliphatic carbocycles. The highest BCUT2D eigenvalue weighted by atomic mass is 16.5. The number of rotatable bonds is 4. The summed E-state index contributed by atoms with van der Waals surface area (Å²) in [5.41, 5.74) is -0.0798. The van der Waals surface area contributed by atoms with Crippen molar-refractivity contribution in [2.75, 3.05) is 6.61 Å². The fourth-order valence-electron chi connectivity index (χ4n) is 0.997. The molecule has 0 heterocycles. The number of benzene rings is 1. The predicted octanol–water partition coefficient (Wildman–Crippen LogP) is 0.673. The Labute approximate surface area is 85.9 Å². The summed E-state index contributed by atoms with van der Waals surface area (Å²) in [4.78, 5) is 21.7. The van der Waals surface area contributed by atoms with Gasteiger partial charge < -0.3 is 14.9 Å². The molecule has 1 aromatic carbocycles. The van der Waals surface area contributed by atoms with Gasteiger partial charge in [0.15, 0.2) is 0 Å². The van der Waals surface area contributed by atoms with E-state index in [-0.39, 0.29) is 24.3 Å². The SMILES string of the molecule is O=C(CCO)Oc1ccccc1C(=O)O.